The van der Waals surface area contributed by atoms with E-state index in [-0.39, 0.29) is 24.0 Å². The zero-order valence-electron chi connectivity index (χ0n) is 21.3. The highest BCUT2D eigenvalue weighted by atomic mass is 35.5. The maximum absolute atomic E-state index is 13.6. The third-order valence-electron chi connectivity index (χ3n) is 5.47. The number of carbonyl (C=O) groups is 2. The van der Waals surface area contributed by atoms with Crippen LogP contribution >= 0.6 is 11.6 Å². The van der Waals surface area contributed by atoms with Gasteiger partial charge in [0.25, 0.3) is 0 Å². The summed E-state index contributed by atoms with van der Waals surface area (Å²) < 4.78 is 65.9. The van der Waals surface area contributed by atoms with Gasteiger partial charge in [-0.25, -0.2) is 8.42 Å². The van der Waals surface area contributed by atoms with Crippen LogP contribution in [0.2, 0.25) is 5.02 Å². The standard InChI is InChI=1S/C25H31ClF3N3O4S/c1-6-21(24(34)30-16(2)3)31(14-18-9-7-8-17(4)12-18)23(33)15-32(37(5,35)36)22-13-19(25(27,28)29)10-11-20(22)26/h7-13,16,21H,6,14-15H2,1-5H3,(H,30,34). The molecular weight excluding hydrogens is 531 g/mol. The number of alkyl halides is 3. The Bertz CT molecular complexity index is 1240. The van der Waals surface area contributed by atoms with Crippen molar-refractivity contribution in [1.82, 2.24) is 10.2 Å². The summed E-state index contributed by atoms with van der Waals surface area (Å²) in [5.74, 6) is -1.20. The lowest BCUT2D eigenvalue weighted by Crippen LogP contribution is -2.53. The van der Waals surface area contributed by atoms with E-state index in [1.807, 2.05) is 19.1 Å². The van der Waals surface area contributed by atoms with Gasteiger partial charge in [-0.3, -0.25) is 13.9 Å². The molecule has 12 heteroatoms. The van der Waals surface area contributed by atoms with Gasteiger partial charge in [0.2, 0.25) is 21.8 Å². The van der Waals surface area contributed by atoms with Crippen LogP contribution in [-0.4, -0.2) is 50.0 Å². The van der Waals surface area contributed by atoms with Gasteiger partial charge in [-0.2, -0.15) is 13.2 Å². The van der Waals surface area contributed by atoms with E-state index < -0.39 is 51.9 Å². The van der Waals surface area contributed by atoms with Gasteiger partial charge in [0.1, 0.15) is 12.6 Å². The Morgan fingerprint density at radius 3 is 2.27 bits per heavy atom. The van der Waals surface area contributed by atoms with Crippen LogP contribution in [0.5, 0.6) is 0 Å². The Labute approximate surface area is 220 Å². The smallest absolute Gasteiger partial charge is 0.352 e. The van der Waals surface area contributed by atoms with Gasteiger partial charge in [-0.15, -0.1) is 0 Å². The molecule has 0 saturated heterocycles. The highest BCUT2D eigenvalue weighted by molar-refractivity contribution is 7.92. The molecule has 7 nitrogen and oxygen atoms in total. The zero-order chi connectivity index (χ0) is 28.1. The Morgan fingerprint density at radius 2 is 1.76 bits per heavy atom. The van der Waals surface area contributed by atoms with Crippen molar-refractivity contribution in [2.45, 2.75) is 58.9 Å². The summed E-state index contributed by atoms with van der Waals surface area (Å²) in [7, 11) is -4.25. The first-order valence-electron chi connectivity index (χ1n) is 11.5. The predicted molar refractivity (Wildman–Crippen MR) is 138 cm³/mol. The van der Waals surface area contributed by atoms with Crippen molar-refractivity contribution in [2.24, 2.45) is 0 Å². The van der Waals surface area contributed by atoms with E-state index in [9.17, 15) is 31.2 Å². The summed E-state index contributed by atoms with van der Waals surface area (Å²) in [6, 6.07) is 8.31. The fourth-order valence-electron chi connectivity index (χ4n) is 3.78. The number of sulfonamides is 1. The average Bonchev–Trinajstić information content (AvgIpc) is 2.75. The predicted octanol–water partition coefficient (Wildman–Crippen LogP) is 4.77. The SMILES string of the molecule is CCC(C(=O)NC(C)C)N(Cc1cccc(C)c1)C(=O)CN(c1cc(C(F)(F)F)ccc1Cl)S(C)(=O)=O. The molecule has 0 aliphatic rings. The summed E-state index contributed by atoms with van der Waals surface area (Å²) >= 11 is 6.09. The maximum atomic E-state index is 13.6. The van der Waals surface area contributed by atoms with Crippen LogP contribution in [0.3, 0.4) is 0 Å². The minimum atomic E-state index is -4.76. The van der Waals surface area contributed by atoms with Crippen molar-refractivity contribution in [3.05, 3.63) is 64.2 Å². The Morgan fingerprint density at radius 1 is 1.11 bits per heavy atom. The highest BCUT2D eigenvalue weighted by Gasteiger charge is 2.35. The number of amides is 2. The molecule has 1 unspecified atom stereocenters. The van der Waals surface area contributed by atoms with Crippen molar-refractivity contribution in [3.63, 3.8) is 0 Å². The number of rotatable bonds is 10. The van der Waals surface area contributed by atoms with E-state index in [1.165, 1.54) is 4.90 Å². The molecule has 204 valence electrons. The van der Waals surface area contributed by atoms with Gasteiger partial charge in [0.05, 0.1) is 22.5 Å². The molecule has 0 spiro atoms. The van der Waals surface area contributed by atoms with Crippen molar-refractivity contribution >= 4 is 39.1 Å². The molecule has 2 rings (SSSR count). The molecule has 0 heterocycles. The fourth-order valence-corrected chi connectivity index (χ4v) is 4.91. The van der Waals surface area contributed by atoms with Crippen LogP contribution < -0.4 is 9.62 Å². The van der Waals surface area contributed by atoms with Crippen LogP contribution in [0.15, 0.2) is 42.5 Å². The molecule has 0 aliphatic carbocycles. The number of benzene rings is 2. The number of nitrogens with zero attached hydrogens (tertiary/aromatic N) is 2. The third kappa shape index (κ3) is 8.36. The molecule has 2 aromatic carbocycles. The van der Waals surface area contributed by atoms with Crippen molar-refractivity contribution in [3.8, 4) is 0 Å². The summed E-state index contributed by atoms with van der Waals surface area (Å²) in [5.41, 5.74) is 0.0140. The zero-order valence-corrected chi connectivity index (χ0v) is 22.8. The van der Waals surface area contributed by atoms with Crippen molar-refractivity contribution < 1.29 is 31.2 Å². The van der Waals surface area contributed by atoms with Gasteiger partial charge in [-0.1, -0.05) is 48.4 Å². The van der Waals surface area contributed by atoms with Crippen LogP contribution in [0.1, 0.15) is 43.9 Å². The fraction of sp³-hybridized carbons (Fsp3) is 0.440. The minimum Gasteiger partial charge on any atom is -0.352 e. The van der Waals surface area contributed by atoms with Crippen LogP contribution in [0, 0.1) is 6.92 Å². The quantitative estimate of drug-likeness (QED) is 0.453. The molecule has 0 radical (unpaired) electrons. The normalized spacial score (nSPS) is 12.8. The van der Waals surface area contributed by atoms with E-state index in [2.05, 4.69) is 5.32 Å². The van der Waals surface area contributed by atoms with Gasteiger partial charge >= 0.3 is 6.18 Å². The van der Waals surface area contributed by atoms with Crippen LogP contribution in [0.25, 0.3) is 0 Å². The summed E-state index contributed by atoms with van der Waals surface area (Å²) in [6.45, 7) is 6.23. The molecule has 1 atom stereocenters. The molecule has 0 aliphatic heterocycles. The number of aryl methyl sites for hydroxylation is 1. The first kappa shape index (κ1) is 30.4. The summed E-state index contributed by atoms with van der Waals surface area (Å²) in [5, 5.41) is 2.49. The molecule has 0 saturated carbocycles. The molecule has 0 bridgehead atoms. The number of anilines is 1. The first-order chi connectivity index (χ1) is 17.0. The van der Waals surface area contributed by atoms with Gasteiger partial charge < -0.3 is 10.2 Å². The van der Waals surface area contributed by atoms with E-state index in [1.54, 1.807) is 32.9 Å². The van der Waals surface area contributed by atoms with Crippen molar-refractivity contribution in [2.75, 3.05) is 17.1 Å². The molecule has 37 heavy (non-hydrogen) atoms. The van der Waals surface area contributed by atoms with E-state index in [0.29, 0.717) is 15.9 Å². The molecule has 0 aromatic heterocycles. The van der Waals surface area contributed by atoms with E-state index >= 15 is 0 Å². The second-order valence-electron chi connectivity index (χ2n) is 9.03. The van der Waals surface area contributed by atoms with Gasteiger partial charge in [0, 0.05) is 12.6 Å². The number of hydrogen-bond acceptors (Lipinski definition) is 4. The Balaban J connectivity index is 2.55. The molecule has 2 aromatic rings. The molecule has 0 fully saturated rings. The van der Waals surface area contributed by atoms with Gasteiger partial charge in [-0.05, 0) is 51.0 Å². The first-order valence-corrected chi connectivity index (χ1v) is 13.8. The minimum absolute atomic E-state index is 0.0154. The van der Waals surface area contributed by atoms with E-state index in [4.69, 9.17) is 11.6 Å². The average molecular weight is 562 g/mol. The second kappa shape index (κ2) is 12.2. The lowest BCUT2D eigenvalue weighted by atomic mass is 10.1. The lowest BCUT2D eigenvalue weighted by Gasteiger charge is -2.33. The Kier molecular flexibility index (Phi) is 10.0. The van der Waals surface area contributed by atoms with Gasteiger partial charge in [0.15, 0.2) is 0 Å². The molecule has 2 amide bonds. The monoisotopic (exact) mass is 561 g/mol. The van der Waals surface area contributed by atoms with Crippen LogP contribution in [0.4, 0.5) is 18.9 Å². The second-order valence-corrected chi connectivity index (χ2v) is 11.3. The number of halogens is 4. The summed E-state index contributed by atoms with van der Waals surface area (Å²) in [6.07, 6.45) is -3.77. The number of hydrogen-bond donors (Lipinski definition) is 1. The number of carbonyl (C=O) groups excluding carboxylic acids is 2. The summed E-state index contributed by atoms with van der Waals surface area (Å²) in [4.78, 5) is 27.8. The topological polar surface area (TPSA) is 86.8 Å². The number of nitrogens with one attached hydrogen (secondary N) is 1. The molecular formula is C25H31ClF3N3O4S. The third-order valence-corrected chi connectivity index (χ3v) is 6.92. The highest BCUT2D eigenvalue weighted by Crippen LogP contribution is 2.36. The Hall–Kier alpha value is -2.79. The van der Waals surface area contributed by atoms with Crippen molar-refractivity contribution in [1.29, 1.82) is 0 Å². The largest absolute Gasteiger partial charge is 0.416 e. The van der Waals surface area contributed by atoms with Crippen LogP contribution in [-0.2, 0) is 32.3 Å². The molecule has 1 N–H and O–H groups in total. The van der Waals surface area contributed by atoms with E-state index in [0.717, 1.165) is 24.0 Å². The maximum Gasteiger partial charge on any atom is 0.416 e. The lowest BCUT2D eigenvalue weighted by molar-refractivity contribution is -0.140.